The molecule has 0 aromatic heterocycles. The van der Waals surface area contributed by atoms with Gasteiger partial charge in [-0.25, -0.2) is 0 Å². The quantitative estimate of drug-likeness (QED) is 0.901. The zero-order chi connectivity index (χ0) is 13.2. The molecule has 1 heterocycles. The van der Waals surface area contributed by atoms with E-state index in [1.807, 2.05) is 25.1 Å². The number of hydrogen-bond donors (Lipinski definition) is 2. The van der Waals surface area contributed by atoms with Crippen LogP contribution in [0.1, 0.15) is 30.1 Å². The number of benzene rings is 1. The lowest BCUT2D eigenvalue weighted by atomic mass is 9.73. The van der Waals surface area contributed by atoms with Crippen molar-refractivity contribution in [1.29, 1.82) is 0 Å². The summed E-state index contributed by atoms with van der Waals surface area (Å²) in [6.45, 7) is 3.89. The summed E-state index contributed by atoms with van der Waals surface area (Å²) in [6.07, 6.45) is 1.12. The van der Waals surface area contributed by atoms with E-state index in [1.165, 1.54) is 0 Å². The summed E-state index contributed by atoms with van der Waals surface area (Å²) in [5, 5.41) is 10.7. The minimum absolute atomic E-state index is 0.238. The van der Waals surface area contributed by atoms with Gasteiger partial charge in [0.2, 0.25) is 0 Å². The van der Waals surface area contributed by atoms with Gasteiger partial charge in [0.1, 0.15) is 0 Å². The average Bonchev–Trinajstić information content (AvgIpc) is 2.42. The van der Waals surface area contributed by atoms with E-state index < -0.39 is 6.10 Å². The van der Waals surface area contributed by atoms with Crippen molar-refractivity contribution in [2.45, 2.75) is 25.9 Å². The molecule has 0 spiro atoms. The van der Waals surface area contributed by atoms with Gasteiger partial charge in [0, 0.05) is 29.6 Å². The maximum atomic E-state index is 10.7. The fourth-order valence-electron chi connectivity index (χ4n) is 2.56. The van der Waals surface area contributed by atoms with Gasteiger partial charge >= 0.3 is 0 Å². The number of nitrogens with two attached hydrogens (primary N) is 1. The number of ether oxygens (including phenoxy) is 1. The number of aliphatic hydroxyl groups excluding tert-OH is 1. The van der Waals surface area contributed by atoms with Crippen molar-refractivity contribution in [2.24, 2.45) is 11.1 Å². The highest BCUT2D eigenvalue weighted by molar-refractivity contribution is 9.10. The number of aryl methyl sites for hydroxylation is 1. The van der Waals surface area contributed by atoms with Crippen LogP contribution < -0.4 is 5.73 Å². The van der Waals surface area contributed by atoms with E-state index in [9.17, 15) is 5.11 Å². The van der Waals surface area contributed by atoms with E-state index in [0.29, 0.717) is 19.8 Å². The summed E-state index contributed by atoms with van der Waals surface area (Å²) in [5.41, 5.74) is 7.76. The van der Waals surface area contributed by atoms with Gasteiger partial charge in [0.25, 0.3) is 0 Å². The smallest absolute Gasteiger partial charge is 0.0860 e. The van der Waals surface area contributed by atoms with Crippen molar-refractivity contribution in [2.75, 3.05) is 19.8 Å². The van der Waals surface area contributed by atoms with Gasteiger partial charge in [0.05, 0.1) is 6.10 Å². The van der Waals surface area contributed by atoms with E-state index in [4.69, 9.17) is 10.5 Å². The number of halogens is 1. The van der Waals surface area contributed by atoms with Crippen LogP contribution in [0.4, 0.5) is 0 Å². The van der Waals surface area contributed by atoms with Crippen LogP contribution in [-0.2, 0) is 4.74 Å². The first-order valence-corrected chi connectivity index (χ1v) is 7.10. The van der Waals surface area contributed by atoms with Crippen molar-refractivity contribution in [3.8, 4) is 0 Å². The van der Waals surface area contributed by atoms with Gasteiger partial charge in [-0.15, -0.1) is 0 Å². The predicted molar refractivity (Wildman–Crippen MR) is 75.4 cm³/mol. The number of hydrogen-bond acceptors (Lipinski definition) is 3. The molecule has 1 aromatic carbocycles. The summed E-state index contributed by atoms with van der Waals surface area (Å²) in [4.78, 5) is 0. The van der Waals surface area contributed by atoms with Crippen LogP contribution in [0.5, 0.6) is 0 Å². The summed E-state index contributed by atoms with van der Waals surface area (Å²) in [7, 11) is 0. The highest BCUT2D eigenvalue weighted by Crippen LogP contribution is 2.42. The summed E-state index contributed by atoms with van der Waals surface area (Å²) >= 11 is 3.48. The van der Waals surface area contributed by atoms with Crippen LogP contribution in [0.15, 0.2) is 22.7 Å². The Morgan fingerprint density at radius 1 is 1.44 bits per heavy atom. The number of aliphatic hydroxyl groups is 1. The first kappa shape index (κ1) is 14.0. The molecule has 0 radical (unpaired) electrons. The van der Waals surface area contributed by atoms with Gasteiger partial charge in [-0.1, -0.05) is 28.1 Å². The lowest BCUT2D eigenvalue weighted by molar-refractivity contribution is -0.0581. The lowest BCUT2D eigenvalue weighted by Gasteiger charge is -2.40. The molecule has 3 N–H and O–H groups in total. The van der Waals surface area contributed by atoms with Crippen LogP contribution in [0.25, 0.3) is 0 Å². The maximum absolute atomic E-state index is 10.7. The van der Waals surface area contributed by atoms with Crippen molar-refractivity contribution in [3.05, 3.63) is 33.8 Å². The van der Waals surface area contributed by atoms with Gasteiger partial charge in [0.15, 0.2) is 0 Å². The fraction of sp³-hybridized carbons (Fsp3) is 0.571. The molecule has 0 bridgehead atoms. The van der Waals surface area contributed by atoms with Crippen molar-refractivity contribution in [1.82, 2.24) is 0 Å². The first-order valence-electron chi connectivity index (χ1n) is 6.31. The zero-order valence-electron chi connectivity index (χ0n) is 10.7. The summed E-state index contributed by atoms with van der Waals surface area (Å²) in [5.74, 6) is 0. The molecule has 1 fully saturated rings. The van der Waals surface area contributed by atoms with Crippen LogP contribution in [0.2, 0.25) is 0 Å². The second kappa shape index (κ2) is 5.70. The normalized spacial score (nSPS) is 20.7. The minimum Gasteiger partial charge on any atom is -0.388 e. The molecule has 0 aliphatic carbocycles. The first-order chi connectivity index (χ1) is 8.59. The minimum atomic E-state index is -0.516. The summed E-state index contributed by atoms with van der Waals surface area (Å²) < 4.78 is 6.44. The van der Waals surface area contributed by atoms with Gasteiger partial charge in [-0.3, -0.25) is 0 Å². The number of rotatable bonds is 3. The molecular weight excluding hydrogens is 294 g/mol. The molecule has 1 aliphatic rings. The third-order valence-corrected chi connectivity index (χ3v) is 4.86. The third kappa shape index (κ3) is 2.62. The lowest BCUT2D eigenvalue weighted by Crippen LogP contribution is -2.41. The van der Waals surface area contributed by atoms with E-state index in [0.717, 1.165) is 28.4 Å². The highest BCUT2D eigenvalue weighted by Gasteiger charge is 2.39. The van der Waals surface area contributed by atoms with Crippen LogP contribution in [-0.4, -0.2) is 24.9 Å². The van der Waals surface area contributed by atoms with Crippen molar-refractivity contribution < 1.29 is 9.84 Å². The van der Waals surface area contributed by atoms with Gasteiger partial charge in [-0.2, -0.15) is 0 Å². The molecule has 1 atom stereocenters. The largest absolute Gasteiger partial charge is 0.388 e. The Labute approximate surface area is 116 Å². The third-order valence-electron chi connectivity index (χ3n) is 3.97. The molecule has 0 amide bonds. The van der Waals surface area contributed by atoms with E-state index in [2.05, 4.69) is 15.9 Å². The Bertz CT molecular complexity index is 416. The fourth-order valence-corrected chi connectivity index (χ4v) is 2.81. The van der Waals surface area contributed by atoms with Crippen LogP contribution in [0.3, 0.4) is 0 Å². The standard InChI is InChI=1S/C14H20BrNO2/c1-10-8-11(2-3-12(10)15)13(17)14(9-16)4-6-18-7-5-14/h2-3,8,13,17H,4-7,9,16H2,1H3. The molecule has 1 aromatic rings. The second-order valence-electron chi connectivity index (χ2n) is 5.09. The molecule has 2 rings (SSSR count). The topological polar surface area (TPSA) is 55.5 Å². The Balaban J connectivity index is 2.27. The molecular formula is C14H20BrNO2. The van der Waals surface area contributed by atoms with Gasteiger partial charge in [-0.05, 0) is 37.0 Å². The average molecular weight is 314 g/mol. The summed E-state index contributed by atoms with van der Waals surface area (Å²) in [6, 6.07) is 5.98. The molecule has 1 saturated heterocycles. The molecule has 1 aliphatic heterocycles. The monoisotopic (exact) mass is 313 g/mol. The SMILES string of the molecule is Cc1cc(C(O)C2(CN)CCOCC2)ccc1Br. The Kier molecular flexibility index (Phi) is 4.43. The Hall–Kier alpha value is -0.420. The van der Waals surface area contributed by atoms with Crippen LogP contribution in [0, 0.1) is 12.3 Å². The van der Waals surface area contributed by atoms with E-state index >= 15 is 0 Å². The highest BCUT2D eigenvalue weighted by atomic mass is 79.9. The molecule has 0 saturated carbocycles. The van der Waals surface area contributed by atoms with Crippen molar-refractivity contribution in [3.63, 3.8) is 0 Å². The molecule has 4 heteroatoms. The molecule has 1 unspecified atom stereocenters. The van der Waals surface area contributed by atoms with E-state index in [-0.39, 0.29) is 5.41 Å². The molecule has 18 heavy (non-hydrogen) atoms. The maximum Gasteiger partial charge on any atom is 0.0860 e. The zero-order valence-corrected chi connectivity index (χ0v) is 12.2. The molecule has 100 valence electrons. The van der Waals surface area contributed by atoms with E-state index in [1.54, 1.807) is 0 Å². The molecule has 3 nitrogen and oxygen atoms in total. The Morgan fingerprint density at radius 2 is 2.11 bits per heavy atom. The Morgan fingerprint density at radius 3 is 2.67 bits per heavy atom. The second-order valence-corrected chi connectivity index (χ2v) is 5.94. The predicted octanol–water partition coefficient (Wildman–Crippen LogP) is 2.55. The van der Waals surface area contributed by atoms with Gasteiger partial charge < -0.3 is 15.6 Å². The van der Waals surface area contributed by atoms with Crippen molar-refractivity contribution >= 4 is 15.9 Å². The van der Waals surface area contributed by atoms with Crippen LogP contribution >= 0.6 is 15.9 Å².